The summed E-state index contributed by atoms with van der Waals surface area (Å²) in [6.07, 6.45) is 1.65. The van der Waals surface area contributed by atoms with Crippen LogP contribution in [-0.2, 0) is 0 Å². The van der Waals surface area contributed by atoms with Crippen LogP contribution in [0.3, 0.4) is 0 Å². The molecule has 0 bridgehead atoms. The van der Waals surface area contributed by atoms with Crippen LogP contribution in [0.5, 0.6) is 0 Å². The Kier molecular flexibility index (Phi) is 5.08. The van der Waals surface area contributed by atoms with Gasteiger partial charge >= 0.3 is 0 Å². The van der Waals surface area contributed by atoms with Gasteiger partial charge in [-0.25, -0.2) is 4.98 Å². The third-order valence-corrected chi connectivity index (χ3v) is 5.52. The molecule has 0 saturated carbocycles. The van der Waals surface area contributed by atoms with E-state index in [0.717, 1.165) is 28.1 Å². The van der Waals surface area contributed by atoms with E-state index in [2.05, 4.69) is 9.97 Å². The van der Waals surface area contributed by atoms with Crippen molar-refractivity contribution in [1.29, 1.82) is 0 Å². The summed E-state index contributed by atoms with van der Waals surface area (Å²) in [5, 5.41) is 0.506. The van der Waals surface area contributed by atoms with E-state index in [1.165, 1.54) is 0 Å². The lowest BCUT2D eigenvalue weighted by Crippen LogP contribution is -2.23. The molecular formula is C24H22BN3O2. The first-order valence-corrected chi connectivity index (χ1v) is 9.93. The van der Waals surface area contributed by atoms with Crippen molar-refractivity contribution in [2.45, 2.75) is 26.8 Å². The van der Waals surface area contributed by atoms with Crippen molar-refractivity contribution in [1.82, 2.24) is 14.5 Å². The Bertz CT molecular complexity index is 1340. The third kappa shape index (κ3) is 3.45. The zero-order valence-corrected chi connectivity index (χ0v) is 17.5. The van der Waals surface area contributed by atoms with E-state index in [1.54, 1.807) is 18.3 Å². The molecule has 1 aromatic carbocycles. The predicted octanol–water partition coefficient (Wildman–Crippen LogP) is 2.51. The number of hydrogen-bond acceptors (Lipinski definition) is 4. The molecule has 3 aromatic heterocycles. The highest BCUT2D eigenvalue weighted by Gasteiger charge is 2.21. The Labute approximate surface area is 175 Å². The average molecular weight is 395 g/mol. The number of ketones is 1. The summed E-state index contributed by atoms with van der Waals surface area (Å²) < 4.78 is 1.95. The summed E-state index contributed by atoms with van der Waals surface area (Å²) in [5.74, 6) is -0.369. The molecule has 148 valence electrons. The molecule has 4 aromatic rings. The van der Waals surface area contributed by atoms with Gasteiger partial charge in [0, 0.05) is 17.3 Å². The second-order valence-corrected chi connectivity index (χ2v) is 7.60. The van der Waals surface area contributed by atoms with Crippen LogP contribution in [0, 0.1) is 13.8 Å². The predicted molar refractivity (Wildman–Crippen MR) is 122 cm³/mol. The van der Waals surface area contributed by atoms with E-state index in [1.807, 2.05) is 75.6 Å². The lowest BCUT2D eigenvalue weighted by atomic mass is 10.0. The van der Waals surface area contributed by atoms with Crippen LogP contribution in [0.1, 0.15) is 46.0 Å². The van der Waals surface area contributed by atoms with Crippen molar-refractivity contribution >= 4 is 30.1 Å². The van der Waals surface area contributed by atoms with Gasteiger partial charge < -0.3 is 4.57 Å². The molecular weight excluding hydrogens is 373 g/mol. The summed E-state index contributed by atoms with van der Waals surface area (Å²) in [4.78, 5) is 35.5. The van der Waals surface area contributed by atoms with Crippen molar-refractivity contribution in [3.63, 3.8) is 0 Å². The van der Waals surface area contributed by atoms with Gasteiger partial charge in [0.15, 0.2) is 7.85 Å². The Morgan fingerprint density at radius 2 is 1.77 bits per heavy atom. The molecule has 0 radical (unpaired) electrons. The number of hydrogen-bond donors (Lipinski definition) is 0. The number of carbonyl (C=O) groups is 1. The van der Waals surface area contributed by atoms with Gasteiger partial charge in [-0.3, -0.25) is 14.6 Å². The Balaban J connectivity index is 1.93. The topological polar surface area (TPSA) is 64.8 Å². The van der Waals surface area contributed by atoms with Crippen molar-refractivity contribution in [2.75, 3.05) is 0 Å². The quantitative estimate of drug-likeness (QED) is 0.394. The fourth-order valence-corrected chi connectivity index (χ4v) is 3.62. The summed E-state index contributed by atoms with van der Waals surface area (Å²) in [6, 6.07) is 16.6. The molecule has 0 aliphatic heterocycles. The van der Waals surface area contributed by atoms with E-state index >= 15 is 0 Å². The zero-order valence-electron chi connectivity index (χ0n) is 17.5. The van der Waals surface area contributed by atoms with Gasteiger partial charge in [-0.05, 0) is 56.2 Å². The molecule has 0 unspecified atom stereocenters. The summed E-state index contributed by atoms with van der Waals surface area (Å²) >= 11 is 0. The summed E-state index contributed by atoms with van der Waals surface area (Å²) in [6.45, 7) is 5.81. The zero-order chi connectivity index (χ0) is 21.4. The second-order valence-electron chi connectivity index (χ2n) is 7.60. The highest BCUT2D eigenvalue weighted by atomic mass is 16.1. The van der Waals surface area contributed by atoms with Crippen LogP contribution >= 0.6 is 0 Å². The molecule has 0 spiro atoms. The smallest absolute Gasteiger partial charge is 0.216 e. The minimum atomic E-state index is -0.369. The van der Waals surface area contributed by atoms with Gasteiger partial charge in [0.25, 0.3) is 0 Å². The highest BCUT2D eigenvalue weighted by Crippen LogP contribution is 2.22. The molecule has 0 N–H and O–H groups in total. The maximum atomic E-state index is 13.2. The average Bonchev–Trinajstić information content (AvgIpc) is 2.75. The van der Waals surface area contributed by atoms with Crippen LogP contribution in [0.4, 0.5) is 0 Å². The molecule has 30 heavy (non-hydrogen) atoms. The van der Waals surface area contributed by atoms with Crippen LogP contribution in [0.25, 0.3) is 10.9 Å². The van der Waals surface area contributed by atoms with Gasteiger partial charge in [-0.1, -0.05) is 30.3 Å². The first-order valence-electron chi connectivity index (χ1n) is 9.93. The van der Waals surface area contributed by atoms with Crippen molar-refractivity contribution in [3.8, 4) is 0 Å². The second kappa shape index (κ2) is 7.71. The van der Waals surface area contributed by atoms with Gasteiger partial charge in [0.1, 0.15) is 5.69 Å². The standard InChI is InChI=1S/C24H22BN3O2/c1-14-11-12-20(26-15(14)2)24(30)18-13-28(16(3)19-8-6-10-22(25)27-19)21-9-5-4-7-17(21)23(18)29/h4-13,16H,25H2,1-3H3/t16-/m0/s1. The maximum Gasteiger partial charge on any atom is 0.216 e. The van der Waals surface area contributed by atoms with Crippen LogP contribution < -0.4 is 11.0 Å². The van der Waals surface area contributed by atoms with Crippen LogP contribution in [0.15, 0.2) is 65.6 Å². The largest absolute Gasteiger partial charge is 0.338 e. The number of nitrogens with zero attached hydrogens (tertiary/aromatic N) is 3. The van der Waals surface area contributed by atoms with Gasteiger partial charge in [-0.15, -0.1) is 0 Å². The lowest BCUT2D eigenvalue weighted by molar-refractivity contribution is 0.103. The number of aryl methyl sites for hydroxylation is 2. The molecule has 1 atom stereocenters. The van der Waals surface area contributed by atoms with Crippen LogP contribution in [0.2, 0.25) is 0 Å². The molecule has 5 nitrogen and oxygen atoms in total. The van der Waals surface area contributed by atoms with Crippen molar-refractivity contribution in [3.05, 3.63) is 99.2 Å². The number of pyridine rings is 3. The fourth-order valence-electron chi connectivity index (χ4n) is 3.62. The van der Waals surface area contributed by atoms with Crippen molar-refractivity contribution in [2.24, 2.45) is 0 Å². The summed E-state index contributed by atoms with van der Waals surface area (Å²) in [7, 11) is 1.94. The normalized spacial score (nSPS) is 12.1. The molecule has 4 rings (SSSR count). The molecule has 0 aliphatic carbocycles. The number of rotatable bonds is 4. The minimum absolute atomic E-state index is 0.115. The number of aromatic nitrogens is 3. The SMILES string of the molecule is Bc1cccc([C@H](C)n2cc(C(=O)c3ccc(C)c(C)n3)c(=O)c3ccccc32)n1. The summed E-state index contributed by atoms with van der Waals surface area (Å²) in [5.41, 5.74) is 4.44. The van der Waals surface area contributed by atoms with E-state index in [9.17, 15) is 9.59 Å². The van der Waals surface area contributed by atoms with E-state index < -0.39 is 0 Å². The maximum absolute atomic E-state index is 13.2. The monoisotopic (exact) mass is 395 g/mol. The highest BCUT2D eigenvalue weighted by molar-refractivity contribution is 6.30. The van der Waals surface area contributed by atoms with Gasteiger partial charge in [-0.2, -0.15) is 0 Å². The van der Waals surface area contributed by atoms with Crippen molar-refractivity contribution < 1.29 is 4.79 Å². The molecule has 0 aliphatic rings. The number of benzene rings is 1. The molecule has 0 amide bonds. The van der Waals surface area contributed by atoms with Gasteiger partial charge in [0.05, 0.1) is 22.8 Å². The Hall–Kier alpha value is -3.54. The molecule has 0 fully saturated rings. The molecule has 0 saturated heterocycles. The Morgan fingerprint density at radius 3 is 2.50 bits per heavy atom. The number of para-hydroxylation sites is 1. The number of fused-ring (bicyclic) bond motifs is 1. The first kappa shape index (κ1) is 19.8. The first-order chi connectivity index (χ1) is 14.4. The minimum Gasteiger partial charge on any atom is -0.338 e. The van der Waals surface area contributed by atoms with E-state index in [0.29, 0.717) is 5.39 Å². The Morgan fingerprint density at radius 1 is 1.00 bits per heavy atom. The fraction of sp³-hybridized carbons (Fsp3) is 0.167. The molecule has 6 heteroatoms. The lowest BCUT2D eigenvalue weighted by Gasteiger charge is -2.20. The third-order valence-electron chi connectivity index (χ3n) is 5.52. The van der Waals surface area contributed by atoms with Gasteiger partial charge in [0.2, 0.25) is 11.2 Å². The van der Waals surface area contributed by atoms with E-state index in [-0.39, 0.29) is 28.5 Å². The molecule has 3 heterocycles. The number of carbonyl (C=O) groups excluding carboxylic acids is 1. The van der Waals surface area contributed by atoms with Crippen LogP contribution in [-0.4, -0.2) is 28.2 Å². The van der Waals surface area contributed by atoms with E-state index in [4.69, 9.17) is 0 Å².